The number of likely N-dealkylation sites (N-methyl/N-ethyl adjacent to an activating group) is 1. The van der Waals surface area contributed by atoms with E-state index in [4.69, 9.17) is 4.74 Å². The third kappa shape index (κ3) is 14.3. The lowest BCUT2D eigenvalue weighted by atomic mass is 10.1. The van der Waals surface area contributed by atoms with Crippen LogP contribution in [0, 0.1) is 0 Å². The van der Waals surface area contributed by atoms with E-state index in [0.29, 0.717) is 24.1 Å². The summed E-state index contributed by atoms with van der Waals surface area (Å²) in [4.78, 5) is 11.8. The molecule has 0 fully saturated rings. The van der Waals surface area contributed by atoms with Crippen LogP contribution in [0.3, 0.4) is 0 Å². The number of carbonyl (C=O) groups is 1. The molecule has 0 spiro atoms. The van der Waals surface area contributed by atoms with Gasteiger partial charge in [0.25, 0.3) is 0 Å². The lowest BCUT2D eigenvalue weighted by molar-refractivity contribution is -0.883. The maximum absolute atomic E-state index is 11.8. The Labute approximate surface area is 137 Å². The average Bonchev–Trinajstić information content (AvgIpc) is 2.43. The molecule has 0 radical (unpaired) electrons. The topological polar surface area (TPSA) is 46.5 Å². The second-order valence-electron chi connectivity index (χ2n) is 7.15. The number of hydrogen-bond donors (Lipinski definition) is 1. The largest absolute Gasteiger partial charge is 0.462 e. The van der Waals surface area contributed by atoms with E-state index in [2.05, 4.69) is 6.92 Å². The summed E-state index contributed by atoms with van der Waals surface area (Å²) in [5.41, 5.74) is 0. The highest BCUT2D eigenvalue weighted by atomic mass is 16.5. The maximum atomic E-state index is 11.8. The lowest BCUT2D eigenvalue weighted by Gasteiger charge is -2.29. The highest BCUT2D eigenvalue weighted by Crippen LogP contribution is 2.08. The van der Waals surface area contributed by atoms with Gasteiger partial charge in [-0.3, -0.25) is 0 Å². The number of quaternary nitrogens is 1. The molecule has 0 aliphatic heterocycles. The van der Waals surface area contributed by atoms with Crippen LogP contribution >= 0.6 is 0 Å². The van der Waals surface area contributed by atoms with Crippen molar-refractivity contribution in [2.45, 2.75) is 77.7 Å². The minimum atomic E-state index is -0.314. The first kappa shape index (κ1) is 21.4. The monoisotopic (exact) mass is 316 g/mol. The maximum Gasteiger partial charge on any atom is 0.361 e. The van der Waals surface area contributed by atoms with Crippen molar-refractivity contribution in [2.24, 2.45) is 0 Å². The van der Waals surface area contributed by atoms with E-state index in [-0.39, 0.29) is 12.1 Å². The van der Waals surface area contributed by atoms with Gasteiger partial charge in [0.2, 0.25) is 0 Å². The summed E-state index contributed by atoms with van der Waals surface area (Å²) in [7, 11) is 4.00. The number of unbranched alkanes of at least 4 members (excludes halogenated alkanes) is 7. The SMILES string of the molecule is CCCCCCCCCCOC(=O)C[N+](C)(C)CC[C@H](C)O. The summed E-state index contributed by atoms with van der Waals surface area (Å²) >= 11 is 0. The Morgan fingerprint density at radius 3 is 2.14 bits per heavy atom. The first-order valence-corrected chi connectivity index (χ1v) is 9.03. The molecule has 0 unspecified atom stereocenters. The van der Waals surface area contributed by atoms with Gasteiger partial charge >= 0.3 is 5.97 Å². The summed E-state index contributed by atoms with van der Waals surface area (Å²) < 4.78 is 5.88. The molecule has 0 aromatic carbocycles. The summed E-state index contributed by atoms with van der Waals surface area (Å²) in [6, 6.07) is 0. The third-order valence-corrected chi connectivity index (χ3v) is 3.97. The molecule has 0 bridgehead atoms. The molecule has 0 saturated carbocycles. The molecule has 0 amide bonds. The van der Waals surface area contributed by atoms with E-state index in [0.717, 1.165) is 19.4 Å². The molecule has 132 valence electrons. The molecule has 0 rings (SSSR count). The zero-order valence-corrected chi connectivity index (χ0v) is 15.3. The van der Waals surface area contributed by atoms with Crippen LogP contribution in [-0.2, 0) is 9.53 Å². The summed E-state index contributed by atoms with van der Waals surface area (Å²) in [5.74, 6) is -0.126. The van der Waals surface area contributed by atoms with Crippen molar-refractivity contribution in [1.82, 2.24) is 0 Å². The van der Waals surface area contributed by atoms with Gasteiger partial charge in [-0.15, -0.1) is 0 Å². The molecule has 0 saturated heterocycles. The van der Waals surface area contributed by atoms with Crippen LogP contribution < -0.4 is 0 Å². The first-order valence-electron chi connectivity index (χ1n) is 9.03. The van der Waals surface area contributed by atoms with Crippen LogP contribution in [0.4, 0.5) is 0 Å². The van der Waals surface area contributed by atoms with Gasteiger partial charge in [0.15, 0.2) is 6.54 Å². The number of carbonyl (C=O) groups excluding carboxylic acids is 1. The van der Waals surface area contributed by atoms with E-state index in [1.807, 2.05) is 14.1 Å². The van der Waals surface area contributed by atoms with E-state index in [9.17, 15) is 9.90 Å². The quantitative estimate of drug-likeness (QED) is 0.303. The summed E-state index contributed by atoms with van der Waals surface area (Å²) in [6.45, 7) is 5.72. The van der Waals surface area contributed by atoms with Crippen molar-refractivity contribution in [3.8, 4) is 0 Å². The predicted molar refractivity (Wildman–Crippen MR) is 91.7 cm³/mol. The van der Waals surface area contributed by atoms with Crippen molar-refractivity contribution in [3.05, 3.63) is 0 Å². The van der Waals surface area contributed by atoms with Crippen LogP contribution in [0.2, 0.25) is 0 Å². The van der Waals surface area contributed by atoms with Gasteiger partial charge in [-0.2, -0.15) is 0 Å². The third-order valence-electron chi connectivity index (χ3n) is 3.97. The molecule has 22 heavy (non-hydrogen) atoms. The minimum absolute atomic E-state index is 0.126. The fourth-order valence-electron chi connectivity index (χ4n) is 2.43. The normalized spacial score (nSPS) is 13.1. The van der Waals surface area contributed by atoms with Gasteiger partial charge < -0.3 is 14.3 Å². The molecule has 0 aromatic heterocycles. The Balaban J connectivity index is 3.53. The fraction of sp³-hybridized carbons (Fsp3) is 0.944. The van der Waals surface area contributed by atoms with Crippen molar-refractivity contribution in [1.29, 1.82) is 0 Å². The van der Waals surface area contributed by atoms with Gasteiger partial charge in [0, 0.05) is 6.42 Å². The van der Waals surface area contributed by atoms with Gasteiger partial charge in [0.1, 0.15) is 0 Å². The number of esters is 1. The van der Waals surface area contributed by atoms with Gasteiger partial charge in [-0.25, -0.2) is 4.79 Å². The Hall–Kier alpha value is -0.610. The Morgan fingerprint density at radius 2 is 1.59 bits per heavy atom. The molecule has 1 atom stereocenters. The van der Waals surface area contributed by atoms with Gasteiger partial charge in [-0.05, 0) is 13.3 Å². The number of aliphatic hydroxyl groups excluding tert-OH is 1. The van der Waals surface area contributed by atoms with E-state index in [1.165, 1.54) is 38.5 Å². The molecule has 0 heterocycles. The zero-order valence-electron chi connectivity index (χ0n) is 15.3. The first-order chi connectivity index (χ1) is 10.4. The Bertz CT molecular complexity index is 278. The Kier molecular flexibility index (Phi) is 12.5. The average molecular weight is 317 g/mol. The molecule has 0 aliphatic rings. The highest BCUT2D eigenvalue weighted by molar-refractivity contribution is 5.70. The molecule has 4 nitrogen and oxygen atoms in total. The summed E-state index contributed by atoms with van der Waals surface area (Å²) in [6.07, 6.45) is 10.4. The number of rotatable bonds is 14. The molecule has 0 aromatic rings. The molecule has 0 aliphatic carbocycles. The standard InChI is InChI=1S/C18H38NO3/c1-5-6-7-8-9-10-11-12-15-22-18(21)16-19(3,4)14-13-17(2)20/h17,20H,5-16H2,1-4H3/q+1/t17-/m0/s1. The van der Waals surface area contributed by atoms with E-state index >= 15 is 0 Å². The van der Waals surface area contributed by atoms with Crippen LogP contribution in [0.25, 0.3) is 0 Å². The zero-order chi connectivity index (χ0) is 16.8. The van der Waals surface area contributed by atoms with Crippen LogP contribution in [0.1, 0.15) is 71.6 Å². The molecular formula is C18H38NO3+. The number of aliphatic hydroxyl groups is 1. The van der Waals surface area contributed by atoms with Gasteiger partial charge in [-0.1, -0.05) is 51.9 Å². The van der Waals surface area contributed by atoms with E-state index < -0.39 is 0 Å². The minimum Gasteiger partial charge on any atom is -0.462 e. The van der Waals surface area contributed by atoms with Crippen molar-refractivity contribution in [2.75, 3.05) is 33.8 Å². The molecular weight excluding hydrogens is 278 g/mol. The lowest BCUT2D eigenvalue weighted by Crippen LogP contribution is -2.45. The van der Waals surface area contributed by atoms with E-state index in [1.54, 1.807) is 6.92 Å². The van der Waals surface area contributed by atoms with Crippen molar-refractivity contribution in [3.63, 3.8) is 0 Å². The number of ether oxygens (including phenoxy) is 1. The second kappa shape index (κ2) is 12.9. The summed E-state index contributed by atoms with van der Waals surface area (Å²) in [5, 5.41) is 9.32. The molecule has 1 N–H and O–H groups in total. The fourth-order valence-corrected chi connectivity index (χ4v) is 2.43. The number of hydrogen-bond acceptors (Lipinski definition) is 3. The molecule has 4 heteroatoms. The predicted octanol–water partition coefficient (Wildman–Crippen LogP) is 3.52. The Morgan fingerprint density at radius 1 is 1.05 bits per heavy atom. The smallest absolute Gasteiger partial charge is 0.361 e. The van der Waals surface area contributed by atoms with Crippen molar-refractivity contribution >= 4 is 5.97 Å². The van der Waals surface area contributed by atoms with Crippen LogP contribution in [0.15, 0.2) is 0 Å². The van der Waals surface area contributed by atoms with Gasteiger partial charge in [0.05, 0.1) is 33.4 Å². The highest BCUT2D eigenvalue weighted by Gasteiger charge is 2.21. The second-order valence-corrected chi connectivity index (χ2v) is 7.15. The van der Waals surface area contributed by atoms with Crippen molar-refractivity contribution < 1.29 is 19.1 Å². The van der Waals surface area contributed by atoms with Crippen LogP contribution in [-0.4, -0.2) is 55.5 Å². The number of nitrogens with zero attached hydrogens (tertiary/aromatic N) is 1. The van der Waals surface area contributed by atoms with Crippen LogP contribution in [0.5, 0.6) is 0 Å².